The van der Waals surface area contributed by atoms with Crippen LogP contribution in [0.2, 0.25) is 0 Å². The second-order valence-electron chi connectivity index (χ2n) is 5.98. The van der Waals surface area contributed by atoms with Crippen LogP contribution in [0.25, 0.3) is 0 Å². The molecule has 3 nitrogen and oxygen atoms in total. The van der Waals surface area contributed by atoms with Crippen LogP contribution in [0.3, 0.4) is 0 Å². The van der Waals surface area contributed by atoms with Crippen molar-refractivity contribution in [3.63, 3.8) is 0 Å². The molecule has 1 aromatic rings. The van der Waals surface area contributed by atoms with E-state index in [-0.39, 0.29) is 0 Å². The van der Waals surface area contributed by atoms with Gasteiger partial charge in [-0.05, 0) is 58.9 Å². The van der Waals surface area contributed by atoms with Crippen LogP contribution < -0.4 is 0 Å². The van der Waals surface area contributed by atoms with E-state index < -0.39 is 0 Å². The molecule has 1 aromatic heterocycles. The second-order valence-corrected chi connectivity index (χ2v) is 7.19. The summed E-state index contributed by atoms with van der Waals surface area (Å²) in [5.74, 6) is 1.42. The van der Waals surface area contributed by atoms with Gasteiger partial charge in [0.15, 0.2) is 0 Å². The highest BCUT2D eigenvalue weighted by molar-refractivity contribution is 7.09. The third kappa shape index (κ3) is 5.32. The number of halogens is 1. The summed E-state index contributed by atoms with van der Waals surface area (Å²) in [5.41, 5.74) is 1.02. The highest BCUT2D eigenvalue weighted by Crippen LogP contribution is 2.17. The first-order valence-electron chi connectivity index (χ1n) is 7.53. The summed E-state index contributed by atoms with van der Waals surface area (Å²) in [5, 5.41) is 3.30. The predicted molar refractivity (Wildman–Crippen MR) is 87.7 cm³/mol. The van der Waals surface area contributed by atoms with E-state index >= 15 is 0 Å². The zero-order valence-corrected chi connectivity index (χ0v) is 14.2. The van der Waals surface area contributed by atoms with Crippen molar-refractivity contribution in [1.82, 2.24) is 14.8 Å². The SMILES string of the molecule is CN1CCC(CN(C)CCCc2nc(CCl)cs2)CC1. The molecule has 0 saturated carbocycles. The molecule has 0 spiro atoms. The van der Waals surface area contributed by atoms with Gasteiger partial charge in [-0.15, -0.1) is 22.9 Å². The molecule has 1 aliphatic rings. The minimum Gasteiger partial charge on any atom is -0.306 e. The number of likely N-dealkylation sites (tertiary alicyclic amines) is 1. The van der Waals surface area contributed by atoms with E-state index in [9.17, 15) is 0 Å². The fourth-order valence-corrected chi connectivity index (χ4v) is 3.87. The Morgan fingerprint density at radius 2 is 2.20 bits per heavy atom. The zero-order chi connectivity index (χ0) is 14.4. The van der Waals surface area contributed by atoms with Crippen molar-refractivity contribution in [2.75, 3.05) is 40.3 Å². The number of hydrogen-bond donors (Lipinski definition) is 0. The Labute approximate surface area is 131 Å². The summed E-state index contributed by atoms with van der Waals surface area (Å²) < 4.78 is 0. The summed E-state index contributed by atoms with van der Waals surface area (Å²) in [6.07, 6.45) is 4.98. The lowest BCUT2D eigenvalue weighted by molar-refractivity contribution is 0.175. The lowest BCUT2D eigenvalue weighted by Crippen LogP contribution is -2.36. The molecule has 0 atom stereocenters. The molecule has 0 aliphatic carbocycles. The molecule has 2 rings (SSSR count). The summed E-state index contributed by atoms with van der Waals surface area (Å²) >= 11 is 7.52. The summed E-state index contributed by atoms with van der Waals surface area (Å²) in [6, 6.07) is 0. The van der Waals surface area contributed by atoms with Crippen LogP contribution in [0.15, 0.2) is 5.38 Å². The fraction of sp³-hybridized carbons (Fsp3) is 0.800. The van der Waals surface area contributed by atoms with E-state index in [0.717, 1.165) is 18.0 Å². The van der Waals surface area contributed by atoms with Gasteiger partial charge in [-0.1, -0.05) is 0 Å². The first-order valence-corrected chi connectivity index (χ1v) is 8.95. The van der Waals surface area contributed by atoms with Crippen molar-refractivity contribution in [2.24, 2.45) is 5.92 Å². The maximum absolute atomic E-state index is 5.78. The Bertz CT molecular complexity index is 388. The van der Waals surface area contributed by atoms with Gasteiger partial charge >= 0.3 is 0 Å². The van der Waals surface area contributed by atoms with Crippen molar-refractivity contribution >= 4 is 22.9 Å². The minimum absolute atomic E-state index is 0.534. The van der Waals surface area contributed by atoms with E-state index in [4.69, 9.17) is 11.6 Å². The van der Waals surface area contributed by atoms with Gasteiger partial charge in [-0.2, -0.15) is 0 Å². The predicted octanol–water partition coefficient (Wildman–Crippen LogP) is 3.09. The standard InChI is InChI=1S/C15H26ClN3S/c1-18-8-5-13(6-9-18)11-19(2)7-3-4-15-17-14(10-16)12-20-15/h12-13H,3-11H2,1-2H3. The first-order chi connectivity index (χ1) is 9.67. The Balaban J connectivity index is 1.61. The minimum atomic E-state index is 0.534. The van der Waals surface area contributed by atoms with Gasteiger partial charge in [0, 0.05) is 18.3 Å². The molecule has 0 aromatic carbocycles. The average Bonchev–Trinajstić information content (AvgIpc) is 2.89. The van der Waals surface area contributed by atoms with E-state index in [2.05, 4.69) is 34.3 Å². The number of aryl methyl sites for hydroxylation is 1. The normalized spacial score (nSPS) is 18.0. The van der Waals surface area contributed by atoms with Crippen LogP contribution in [-0.4, -0.2) is 55.1 Å². The quantitative estimate of drug-likeness (QED) is 0.721. The summed E-state index contributed by atoms with van der Waals surface area (Å²) in [7, 11) is 4.48. The third-order valence-electron chi connectivity index (χ3n) is 4.07. The van der Waals surface area contributed by atoms with Crippen LogP contribution in [-0.2, 0) is 12.3 Å². The van der Waals surface area contributed by atoms with Gasteiger partial charge in [0.05, 0.1) is 16.6 Å². The number of alkyl halides is 1. The number of piperidine rings is 1. The number of nitrogens with zero attached hydrogens (tertiary/aromatic N) is 3. The fourth-order valence-electron chi connectivity index (χ4n) is 2.80. The first kappa shape index (κ1) is 16.2. The molecule has 20 heavy (non-hydrogen) atoms. The monoisotopic (exact) mass is 315 g/mol. The summed E-state index contributed by atoms with van der Waals surface area (Å²) in [4.78, 5) is 9.44. The molecular formula is C15H26ClN3S. The van der Waals surface area contributed by atoms with Gasteiger partial charge in [-0.25, -0.2) is 4.98 Å². The topological polar surface area (TPSA) is 19.4 Å². The van der Waals surface area contributed by atoms with E-state index in [1.807, 2.05) is 0 Å². The maximum Gasteiger partial charge on any atom is 0.0929 e. The Morgan fingerprint density at radius 3 is 2.85 bits per heavy atom. The number of rotatable bonds is 7. The highest BCUT2D eigenvalue weighted by Gasteiger charge is 2.17. The molecular weight excluding hydrogens is 290 g/mol. The highest BCUT2D eigenvalue weighted by atomic mass is 35.5. The maximum atomic E-state index is 5.78. The second kappa shape index (κ2) is 8.32. The van der Waals surface area contributed by atoms with Crippen LogP contribution in [0.1, 0.15) is 30.0 Å². The zero-order valence-electron chi connectivity index (χ0n) is 12.6. The summed E-state index contributed by atoms with van der Waals surface area (Å²) in [6.45, 7) is 4.94. The average molecular weight is 316 g/mol. The van der Waals surface area contributed by atoms with Crippen LogP contribution >= 0.6 is 22.9 Å². The van der Waals surface area contributed by atoms with Gasteiger partial charge in [0.1, 0.15) is 0 Å². The molecule has 0 amide bonds. The van der Waals surface area contributed by atoms with Crippen molar-refractivity contribution in [3.05, 3.63) is 16.1 Å². The van der Waals surface area contributed by atoms with E-state index in [1.54, 1.807) is 11.3 Å². The molecule has 114 valence electrons. The molecule has 1 fully saturated rings. The molecule has 0 bridgehead atoms. The van der Waals surface area contributed by atoms with E-state index in [1.165, 1.54) is 50.4 Å². The molecule has 2 heterocycles. The van der Waals surface area contributed by atoms with E-state index in [0.29, 0.717) is 5.88 Å². The van der Waals surface area contributed by atoms with Crippen molar-refractivity contribution in [2.45, 2.75) is 31.6 Å². The van der Waals surface area contributed by atoms with Gasteiger partial charge < -0.3 is 9.80 Å². The van der Waals surface area contributed by atoms with Gasteiger partial charge in [0.2, 0.25) is 0 Å². The Morgan fingerprint density at radius 1 is 1.45 bits per heavy atom. The van der Waals surface area contributed by atoms with Gasteiger partial charge in [0.25, 0.3) is 0 Å². The smallest absolute Gasteiger partial charge is 0.0929 e. The number of aromatic nitrogens is 1. The number of hydrogen-bond acceptors (Lipinski definition) is 4. The molecule has 0 radical (unpaired) electrons. The molecule has 5 heteroatoms. The van der Waals surface area contributed by atoms with Crippen molar-refractivity contribution < 1.29 is 0 Å². The van der Waals surface area contributed by atoms with Crippen LogP contribution in [0.4, 0.5) is 0 Å². The van der Waals surface area contributed by atoms with Gasteiger partial charge in [-0.3, -0.25) is 0 Å². The third-order valence-corrected chi connectivity index (χ3v) is 5.31. The lowest BCUT2D eigenvalue weighted by Gasteiger charge is -2.31. The Hall–Kier alpha value is -0.160. The molecule has 0 N–H and O–H groups in total. The van der Waals surface area contributed by atoms with Crippen molar-refractivity contribution in [1.29, 1.82) is 0 Å². The van der Waals surface area contributed by atoms with Crippen LogP contribution in [0.5, 0.6) is 0 Å². The molecule has 1 saturated heterocycles. The lowest BCUT2D eigenvalue weighted by atomic mass is 9.96. The Kier molecular flexibility index (Phi) is 6.75. The number of thiazole rings is 1. The van der Waals surface area contributed by atoms with Crippen molar-refractivity contribution in [3.8, 4) is 0 Å². The molecule has 0 unspecified atom stereocenters. The molecule has 1 aliphatic heterocycles. The largest absolute Gasteiger partial charge is 0.306 e. The van der Waals surface area contributed by atoms with Crippen LogP contribution in [0, 0.1) is 5.92 Å².